The van der Waals surface area contributed by atoms with E-state index in [0.29, 0.717) is 13.2 Å². The van der Waals surface area contributed by atoms with Gasteiger partial charge in [-0.15, -0.1) is 11.3 Å². The number of carbonyl (C=O) groups excluding carboxylic acids is 1. The van der Waals surface area contributed by atoms with Crippen LogP contribution in [-0.2, 0) is 20.9 Å². The Kier molecular flexibility index (Phi) is 4.29. The van der Waals surface area contributed by atoms with Gasteiger partial charge in [0.05, 0.1) is 25.7 Å². The van der Waals surface area contributed by atoms with Crippen molar-refractivity contribution in [3.63, 3.8) is 0 Å². The molecule has 1 heterocycles. The van der Waals surface area contributed by atoms with Crippen molar-refractivity contribution in [3.8, 4) is 0 Å². The summed E-state index contributed by atoms with van der Waals surface area (Å²) < 4.78 is 10.2. The molecule has 0 amide bonds. The van der Waals surface area contributed by atoms with Crippen LogP contribution in [0.4, 0.5) is 0 Å². The molecule has 0 spiro atoms. The lowest BCUT2D eigenvalue weighted by Crippen LogP contribution is -2.30. The van der Waals surface area contributed by atoms with Crippen molar-refractivity contribution in [2.24, 2.45) is 5.41 Å². The fraction of sp³-hybridized carbons (Fsp3) is 0.545. The number of carbonyl (C=O) groups is 1. The number of rotatable bonds is 5. The third-order valence-electron chi connectivity index (χ3n) is 2.03. The van der Waals surface area contributed by atoms with Crippen molar-refractivity contribution in [1.82, 2.24) is 0 Å². The molecule has 1 rings (SSSR count). The highest BCUT2D eigenvalue weighted by atomic mass is 32.1. The van der Waals surface area contributed by atoms with E-state index in [0.717, 1.165) is 4.88 Å². The first-order valence-electron chi connectivity index (χ1n) is 4.75. The molecule has 0 aromatic carbocycles. The molecule has 0 radical (unpaired) electrons. The normalized spacial score (nSPS) is 11.4. The second kappa shape index (κ2) is 5.28. The SMILES string of the molecule is COC(=O)C(C)(C)COCc1cccs1. The topological polar surface area (TPSA) is 35.5 Å². The number of esters is 1. The second-order valence-electron chi connectivity index (χ2n) is 3.95. The fourth-order valence-electron chi connectivity index (χ4n) is 1.14. The molecule has 1 aromatic rings. The molecule has 0 unspecified atom stereocenters. The molecule has 0 N–H and O–H groups in total. The minimum absolute atomic E-state index is 0.242. The Labute approximate surface area is 94.0 Å². The second-order valence-corrected chi connectivity index (χ2v) is 4.98. The van der Waals surface area contributed by atoms with Gasteiger partial charge in [0.1, 0.15) is 0 Å². The molecule has 0 aliphatic rings. The van der Waals surface area contributed by atoms with Crippen molar-refractivity contribution < 1.29 is 14.3 Å². The zero-order chi connectivity index (χ0) is 11.3. The maximum absolute atomic E-state index is 11.3. The lowest BCUT2D eigenvalue weighted by Gasteiger charge is -2.20. The van der Waals surface area contributed by atoms with Crippen LogP contribution in [0.15, 0.2) is 17.5 Å². The highest BCUT2D eigenvalue weighted by molar-refractivity contribution is 7.09. The van der Waals surface area contributed by atoms with E-state index < -0.39 is 5.41 Å². The monoisotopic (exact) mass is 228 g/mol. The van der Waals surface area contributed by atoms with Gasteiger partial charge in [0, 0.05) is 4.88 Å². The van der Waals surface area contributed by atoms with E-state index >= 15 is 0 Å². The summed E-state index contributed by atoms with van der Waals surface area (Å²) in [5, 5.41) is 2.00. The highest BCUT2D eigenvalue weighted by Gasteiger charge is 2.28. The molecule has 0 aliphatic heterocycles. The van der Waals surface area contributed by atoms with Gasteiger partial charge in [0.15, 0.2) is 0 Å². The van der Waals surface area contributed by atoms with Crippen molar-refractivity contribution in [3.05, 3.63) is 22.4 Å². The standard InChI is InChI=1S/C11H16O3S/c1-11(2,10(12)13-3)8-14-7-9-5-4-6-15-9/h4-6H,7-8H2,1-3H3. The maximum atomic E-state index is 11.3. The quantitative estimate of drug-likeness (QED) is 0.726. The van der Waals surface area contributed by atoms with Crippen LogP contribution in [0.5, 0.6) is 0 Å². The van der Waals surface area contributed by atoms with Gasteiger partial charge in [-0.3, -0.25) is 4.79 Å². The highest BCUT2D eigenvalue weighted by Crippen LogP contribution is 2.19. The first-order chi connectivity index (χ1) is 7.06. The molecule has 15 heavy (non-hydrogen) atoms. The Morgan fingerprint density at radius 3 is 2.80 bits per heavy atom. The van der Waals surface area contributed by atoms with Gasteiger partial charge in [-0.2, -0.15) is 0 Å². The van der Waals surface area contributed by atoms with Crippen LogP contribution in [0.1, 0.15) is 18.7 Å². The largest absolute Gasteiger partial charge is 0.469 e. The number of thiophene rings is 1. The number of methoxy groups -OCH3 is 1. The summed E-state index contributed by atoms with van der Waals surface area (Å²) in [7, 11) is 1.39. The van der Waals surface area contributed by atoms with Crippen molar-refractivity contribution in [2.75, 3.05) is 13.7 Å². The molecule has 84 valence electrons. The Morgan fingerprint density at radius 1 is 1.53 bits per heavy atom. The van der Waals surface area contributed by atoms with E-state index in [2.05, 4.69) is 4.74 Å². The smallest absolute Gasteiger partial charge is 0.313 e. The number of hydrogen-bond acceptors (Lipinski definition) is 4. The van der Waals surface area contributed by atoms with Gasteiger partial charge in [-0.05, 0) is 25.3 Å². The van der Waals surface area contributed by atoms with Gasteiger partial charge in [0.25, 0.3) is 0 Å². The van der Waals surface area contributed by atoms with E-state index in [9.17, 15) is 4.79 Å². The first kappa shape index (κ1) is 12.2. The van der Waals surface area contributed by atoms with Crippen LogP contribution in [-0.4, -0.2) is 19.7 Å². The molecular formula is C11H16O3S. The third-order valence-corrected chi connectivity index (χ3v) is 2.88. The van der Waals surface area contributed by atoms with Crippen LogP contribution in [0.25, 0.3) is 0 Å². The Bertz CT molecular complexity index is 304. The summed E-state index contributed by atoms with van der Waals surface area (Å²) in [6.07, 6.45) is 0. The van der Waals surface area contributed by atoms with Crippen LogP contribution in [0.2, 0.25) is 0 Å². The maximum Gasteiger partial charge on any atom is 0.313 e. The summed E-state index contributed by atoms with van der Waals surface area (Å²) in [5.74, 6) is -0.242. The van der Waals surface area contributed by atoms with E-state index in [-0.39, 0.29) is 5.97 Å². The molecule has 0 saturated carbocycles. The molecule has 0 saturated heterocycles. The van der Waals surface area contributed by atoms with Crippen LogP contribution >= 0.6 is 11.3 Å². The third kappa shape index (κ3) is 3.64. The average Bonchev–Trinajstić information content (AvgIpc) is 2.69. The number of hydrogen-bond donors (Lipinski definition) is 0. The summed E-state index contributed by atoms with van der Waals surface area (Å²) >= 11 is 1.65. The lowest BCUT2D eigenvalue weighted by molar-refractivity contribution is -0.154. The molecule has 0 atom stereocenters. The van der Waals surface area contributed by atoms with Crippen molar-refractivity contribution >= 4 is 17.3 Å². The Balaban J connectivity index is 2.33. The van der Waals surface area contributed by atoms with Crippen molar-refractivity contribution in [1.29, 1.82) is 0 Å². The van der Waals surface area contributed by atoms with E-state index in [1.165, 1.54) is 7.11 Å². The number of ether oxygens (including phenoxy) is 2. The first-order valence-corrected chi connectivity index (χ1v) is 5.63. The summed E-state index contributed by atoms with van der Waals surface area (Å²) in [4.78, 5) is 12.5. The van der Waals surface area contributed by atoms with Crippen LogP contribution < -0.4 is 0 Å². The minimum atomic E-state index is -0.577. The van der Waals surface area contributed by atoms with Gasteiger partial charge in [-0.1, -0.05) is 6.07 Å². The van der Waals surface area contributed by atoms with Crippen LogP contribution in [0, 0.1) is 5.41 Å². The zero-order valence-electron chi connectivity index (χ0n) is 9.28. The zero-order valence-corrected chi connectivity index (χ0v) is 10.1. The summed E-state index contributed by atoms with van der Waals surface area (Å²) in [5.41, 5.74) is -0.577. The van der Waals surface area contributed by atoms with Gasteiger partial charge in [0.2, 0.25) is 0 Å². The predicted molar refractivity (Wildman–Crippen MR) is 59.8 cm³/mol. The van der Waals surface area contributed by atoms with Crippen molar-refractivity contribution in [2.45, 2.75) is 20.5 Å². The van der Waals surface area contributed by atoms with E-state index in [1.54, 1.807) is 11.3 Å². The van der Waals surface area contributed by atoms with E-state index in [1.807, 2.05) is 31.4 Å². The molecule has 0 aliphatic carbocycles. The molecule has 0 fully saturated rings. The minimum Gasteiger partial charge on any atom is -0.469 e. The molecular weight excluding hydrogens is 212 g/mol. The lowest BCUT2D eigenvalue weighted by atomic mass is 9.95. The average molecular weight is 228 g/mol. The Morgan fingerprint density at radius 2 is 2.27 bits per heavy atom. The predicted octanol–water partition coefficient (Wildman–Crippen LogP) is 2.46. The van der Waals surface area contributed by atoms with Crippen LogP contribution in [0.3, 0.4) is 0 Å². The van der Waals surface area contributed by atoms with Gasteiger partial charge < -0.3 is 9.47 Å². The van der Waals surface area contributed by atoms with Gasteiger partial charge >= 0.3 is 5.97 Å². The summed E-state index contributed by atoms with van der Waals surface area (Å²) in [6.45, 7) is 4.55. The fourth-order valence-corrected chi connectivity index (χ4v) is 1.78. The Hall–Kier alpha value is -0.870. The summed E-state index contributed by atoms with van der Waals surface area (Å²) in [6, 6.07) is 3.99. The molecule has 3 nitrogen and oxygen atoms in total. The molecule has 0 bridgehead atoms. The van der Waals surface area contributed by atoms with E-state index in [4.69, 9.17) is 4.74 Å². The van der Waals surface area contributed by atoms with Gasteiger partial charge in [-0.25, -0.2) is 0 Å². The molecule has 4 heteroatoms. The molecule has 1 aromatic heterocycles.